The Kier molecular flexibility index (Phi) is 7.59. The SMILES string of the molecule is C=C/C(N)=C\C=C(/C)Oc1ccc([C@@H]2O[C@@H]3C[C@H]4[C@@H]5C[C@H](F)C6=CC(=O)C=C[C@]6(C)[C@@]5(F)[C@@H](O)C[C@]4(C)[C@]3(C(=O)CO)O2)cc1. The molecule has 4 fully saturated rings. The predicted octanol–water partition coefficient (Wildman–Crippen LogP) is 4.64. The highest BCUT2D eigenvalue weighted by Gasteiger charge is 2.80. The summed E-state index contributed by atoms with van der Waals surface area (Å²) in [7, 11) is 0. The molecule has 3 saturated carbocycles. The van der Waals surface area contributed by atoms with Crippen molar-refractivity contribution in [3.05, 3.63) is 89.9 Å². The van der Waals surface area contributed by atoms with Gasteiger partial charge in [-0.1, -0.05) is 31.7 Å². The van der Waals surface area contributed by atoms with Gasteiger partial charge in [-0.15, -0.1) is 0 Å². The summed E-state index contributed by atoms with van der Waals surface area (Å²) in [5, 5.41) is 21.8. The Bertz CT molecular complexity index is 1550. The second-order valence-electron chi connectivity index (χ2n) is 13.3. The van der Waals surface area contributed by atoms with Gasteiger partial charge >= 0.3 is 0 Å². The Labute approximate surface area is 260 Å². The van der Waals surface area contributed by atoms with Crippen LogP contribution in [0.4, 0.5) is 8.78 Å². The lowest BCUT2D eigenvalue weighted by Crippen LogP contribution is -2.70. The molecule has 1 heterocycles. The number of fused-ring (bicyclic) bond motifs is 7. The largest absolute Gasteiger partial charge is 0.462 e. The monoisotopic (exact) mass is 623 g/mol. The fraction of sp³-hybridized carbons (Fsp3) is 0.486. The van der Waals surface area contributed by atoms with Crippen molar-refractivity contribution in [3.8, 4) is 5.75 Å². The third-order valence-corrected chi connectivity index (χ3v) is 11.1. The molecule has 45 heavy (non-hydrogen) atoms. The summed E-state index contributed by atoms with van der Waals surface area (Å²) in [6.07, 6.45) is 3.27. The maximum atomic E-state index is 17.5. The minimum atomic E-state index is -2.31. The minimum absolute atomic E-state index is 0.0266. The first-order valence-electron chi connectivity index (χ1n) is 15.2. The number of ketones is 2. The van der Waals surface area contributed by atoms with Gasteiger partial charge in [-0.2, -0.15) is 0 Å². The fourth-order valence-electron chi connectivity index (χ4n) is 8.91. The van der Waals surface area contributed by atoms with Crippen LogP contribution in [0.2, 0.25) is 0 Å². The summed E-state index contributed by atoms with van der Waals surface area (Å²) in [5.74, 6) is -1.55. The standard InChI is InChI=1S/C35H39F2NO7/c1-5-21(38)9-6-19(2)43-23-10-7-20(8-11-23)31-44-30-16-24-25-15-27(36)26-14-22(40)12-13-32(26,3)34(25,37)28(41)17-33(24,4)35(30,45-31)29(42)18-39/h5-14,24-25,27-28,30-31,39,41H,1,15-18,38H2,2-4H3/b19-6+,21-9+/t24-,25-,27-,28-,30+,31+,32-,33-,34-,35+/m0/s1. The first-order chi connectivity index (χ1) is 21.2. The van der Waals surface area contributed by atoms with Crippen molar-refractivity contribution in [2.75, 3.05) is 6.61 Å². The molecule has 4 N–H and O–H groups in total. The summed E-state index contributed by atoms with van der Waals surface area (Å²) >= 11 is 0. The number of rotatable bonds is 7. The lowest BCUT2D eigenvalue weighted by atomic mass is 9.44. The zero-order valence-electron chi connectivity index (χ0n) is 25.5. The Morgan fingerprint density at radius 1 is 1.20 bits per heavy atom. The number of carbonyl (C=O) groups is 2. The van der Waals surface area contributed by atoms with E-state index in [-0.39, 0.29) is 24.8 Å². The van der Waals surface area contributed by atoms with E-state index < -0.39 is 76.8 Å². The number of Topliss-reactive ketones (excluding diaryl/α,β-unsaturated/α-hetero) is 1. The minimum Gasteiger partial charge on any atom is -0.462 e. The molecule has 240 valence electrons. The van der Waals surface area contributed by atoms with E-state index in [9.17, 15) is 19.8 Å². The smallest absolute Gasteiger partial charge is 0.193 e. The molecular weight excluding hydrogens is 584 g/mol. The molecule has 1 aromatic carbocycles. The number of aliphatic hydroxyl groups is 2. The molecular formula is C35H39F2NO7. The molecule has 1 aromatic rings. The average molecular weight is 624 g/mol. The number of halogens is 2. The molecule has 0 radical (unpaired) electrons. The number of hydrogen-bond donors (Lipinski definition) is 3. The summed E-state index contributed by atoms with van der Waals surface area (Å²) in [6, 6.07) is 6.92. The number of aliphatic hydroxyl groups excluding tert-OH is 2. The summed E-state index contributed by atoms with van der Waals surface area (Å²) in [5.41, 5.74) is 0.0977. The van der Waals surface area contributed by atoms with Crippen LogP contribution in [0.3, 0.4) is 0 Å². The van der Waals surface area contributed by atoms with Gasteiger partial charge in [0, 0.05) is 28.0 Å². The lowest BCUT2D eigenvalue weighted by Gasteiger charge is -2.63. The van der Waals surface area contributed by atoms with Gasteiger partial charge < -0.3 is 30.2 Å². The van der Waals surface area contributed by atoms with Gasteiger partial charge in [-0.25, -0.2) is 8.78 Å². The van der Waals surface area contributed by atoms with E-state index in [4.69, 9.17) is 19.9 Å². The number of nitrogens with two attached hydrogens (primary N) is 1. The summed E-state index contributed by atoms with van der Waals surface area (Å²) < 4.78 is 52.0. The van der Waals surface area contributed by atoms with Crippen LogP contribution < -0.4 is 10.5 Å². The molecule has 0 amide bonds. The zero-order chi connectivity index (χ0) is 32.5. The molecule has 1 aliphatic heterocycles. The van der Waals surface area contributed by atoms with Gasteiger partial charge in [0.2, 0.25) is 0 Å². The maximum absolute atomic E-state index is 17.5. The normalized spacial score (nSPS) is 42.3. The molecule has 0 aromatic heterocycles. The number of carbonyl (C=O) groups excluding carboxylic acids is 2. The first-order valence-corrected chi connectivity index (χ1v) is 15.2. The van der Waals surface area contributed by atoms with Crippen molar-refractivity contribution in [2.24, 2.45) is 28.4 Å². The number of alkyl halides is 2. The van der Waals surface area contributed by atoms with Gasteiger partial charge in [0.1, 0.15) is 24.3 Å². The van der Waals surface area contributed by atoms with Crippen molar-refractivity contribution in [1.29, 1.82) is 0 Å². The molecule has 6 rings (SSSR count). The zero-order valence-corrected chi connectivity index (χ0v) is 25.5. The van der Waals surface area contributed by atoms with Crippen LogP contribution in [0.25, 0.3) is 0 Å². The van der Waals surface area contributed by atoms with Crippen LogP contribution in [0.5, 0.6) is 5.75 Å². The Balaban J connectivity index is 1.31. The van der Waals surface area contributed by atoms with E-state index in [1.165, 1.54) is 25.2 Å². The number of hydrogen-bond acceptors (Lipinski definition) is 8. The Hall–Kier alpha value is -3.44. The molecule has 10 atom stereocenters. The number of ether oxygens (including phenoxy) is 3. The average Bonchev–Trinajstić information content (AvgIpc) is 3.51. The molecule has 4 aliphatic carbocycles. The van der Waals surface area contributed by atoms with Crippen molar-refractivity contribution in [1.82, 2.24) is 0 Å². The molecule has 0 bridgehead atoms. The van der Waals surface area contributed by atoms with E-state index >= 15 is 8.78 Å². The van der Waals surface area contributed by atoms with Gasteiger partial charge in [0.05, 0.1) is 12.2 Å². The molecule has 0 spiro atoms. The number of benzene rings is 1. The van der Waals surface area contributed by atoms with E-state index in [1.54, 1.807) is 50.3 Å². The fourth-order valence-corrected chi connectivity index (χ4v) is 8.91. The summed E-state index contributed by atoms with van der Waals surface area (Å²) in [4.78, 5) is 25.8. The van der Waals surface area contributed by atoms with Gasteiger partial charge in [0.25, 0.3) is 0 Å². The van der Waals surface area contributed by atoms with Crippen LogP contribution in [-0.2, 0) is 19.1 Å². The first kappa shape index (κ1) is 31.5. The van der Waals surface area contributed by atoms with Crippen LogP contribution in [0, 0.1) is 22.7 Å². The van der Waals surface area contributed by atoms with E-state index in [0.717, 1.165) is 6.08 Å². The number of allylic oxidation sites excluding steroid dienone is 8. The Morgan fingerprint density at radius 2 is 1.91 bits per heavy atom. The van der Waals surface area contributed by atoms with Crippen molar-refractivity contribution < 1.29 is 42.8 Å². The lowest BCUT2D eigenvalue weighted by molar-refractivity contribution is -0.235. The second-order valence-corrected chi connectivity index (χ2v) is 13.3. The maximum Gasteiger partial charge on any atom is 0.193 e. The predicted molar refractivity (Wildman–Crippen MR) is 161 cm³/mol. The molecule has 5 aliphatic rings. The van der Waals surface area contributed by atoms with Crippen LogP contribution in [0.15, 0.2) is 84.3 Å². The third kappa shape index (κ3) is 4.36. The third-order valence-electron chi connectivity index (χ3n) is 11.1. The van der Waals surface area contributed by atoms with E-state index in [2.05, 4.69) is 6.58 Å². The van der Waals surface area contributed by atoms with Crippen molar-refractivity contribution in [2.45, 2.75) is 76.0 Å². The van der Waals surface area contributed by atoms with Crippen molar-refractivity contribution >= 4 is 11.6 Å². The molecule has 1 saturated heterocycles. The Morgan fingerprint density at radius 3 is 2.58 bits per heavy atom. The highest BCUT2D eigenvalue weighted by molar-refractivity contribution is 6.01. The molecule has 10 heteroatoms. The van der Waals surface area contributed by atoms with Gasteiger partial charge in [0.15, 0.2) is 29.1 Å². The second kappa shape index (κ2) is 10.8. The van der Waals surface area contributed by atoms with Crippen molar-refractivity contribution in [3.63, 3.8) is 0 Å². The van der Waals surface area contributed by atoms with E-state index in [1.807, 2.05) is 0 Å². The van der Waals surface area contributed by atoms with Crippen LogP contribution in [-0.4, -0.2) is 58.0 Å². The molecule has 0 unspecified atom stereocenters. The topological polar surface area (TPSA) is 128 Å². The van der Waals surface area contributed by atoms with Gasteiger partial charge in [-0.3, -0.25) is 9.59 Å². The van der Waals surface area contributed by atoms with Gasteiger partial charge in [-0.05, 0) is 87.1 Å². The van der Waals surface area contributed by atoms with Crippen LogP contribution in [0.1, 0.15) is 51.9 Å². The highest BCUT2D eigenvalue weighted by atomic mass is 19.1. The summed E-state index contributed by atoms with van der Waals surface area (Å²) in [6.45, 7) is 7.81. The molecule has 8 nitrogen and oxygen atoms in total. The quantitative estimate of drug-likeness (QED) is 0.296. The van der Waals surface area contributed by atoms with E-state index in [0.29, 0.717) is 22.8 Å². The highest BCUT2D eigenvalue weighted by Crippen LogP contribution is 2.72. The van der Waals surface area contributed by atoms with Crippen LogP contribution >= 0.6 is 0 Å².